The van der Waals surface area contributed by atoms with Gasteiger partial charge in [-0.3, -0.25) is 4.79 Å². The van der Waals surface area contributed by atoms with Crippen LogP contribution in [0, 0.1) is 0 Å². The molecule has 0 spiro atoms. The van der Waals surface area contributed by atoms with Crippen LogP contribution < -0.4 is 5.32 Å². The molecule has 1 atom stereocenters. The number of hydrogen-bond donors (Lipinski definition) is 1. The number of rotatable bonds is 2. The third-order valence-electron chi connectivity index (χ3n) is 3.33. The van der Waals surface area contributed by atoms with Crippen molar-refractivity contribution in [2.75, 3.05) is 19.6 Å². The third-order valence-corrected chi connectivity index (χ3v) is 3.33. The maximum absolute atomic E-state index is 12.5. The van der Waals surface area contributed by atoms with Crippen molar-refractivity contribution in [2.45, 2.75) is 25.1 Å². The van der Waals surface area contributed by atoms with Crippen molar-refractivity contribution in [2.24, 2.45) is 0 Å². The van der Waals surface area contributed by atoms with Gasteiger partial charge in [0.15, 0.2) is 0 Å². The molecule has 6 heteroatoms. The lowest BCUT2D eigenvalue weighted by Gasteiger charge is -2.25. The number of amides is 1. The first-order chi connectivity index (χ1) is 9.47. The van der Waals surface area contributed by atoms with Gasteiger partial charge in [-0.05, 0) is 24.9 Å². The number of alkyl halides is 3. The van der Waals surface area contributed by atoms with Crippen molar-refractivity contribution in [3.63, 3.8) is 0 Å². The molecule has 1 fully saturated rings. The van der Waals surface area contributed by atoms with Crippen LogP contribution in [0.1, 0.15) is 12.0 Å². The van der Waals surface area contributed by atoms with Crippen molar-refractivity contribution < 1.29 is 18.0 Å². The van der Waals surface area contributed by atoms with Gasteiger partial charge in [-0.15, -0.1) is 0 Å². The lowest BCUT2D eigenvalue weighted by Crippen LogP contribution is -2.46. The predicted molar refractivity (Wildman–Crippen MR) is 69.2 cm³/mol. The summed E-state index contributed by atoms with van der Waals surface area (Å²) in [4.78, 5) is 12.3. The maximum Gasteiger partial charge on any atom is 0.471 e. The van der Waals surface area contributed by atoms with Gasteiger partial charge in [-0.25, -0.2) is 0 Å². The lowest BCUT2D eigenvalue weighted by atomic mass is 10.1. The summed E-state index contributed by atoms with van der Waals surface area (Å²) in [5.41, 5.74) is 1.05. The molecular formula is C14H17F3N2O. The first-order valence-electron chi connectivity index (χ1n) is 6.60. The SMILES string of the molecule is O=C(N1CCCNC(Cc2ccccc2)C1)C(F)(F)F. The summed E-state index contributed by atoms with van der Waals surface area (Å²) in [5.74, 6) is -1.74. The minimum Gasteiger partial charge on any atom is -0.333 e. The van der Waals surface area contributed by atoms with Crippen molar-refractivity contribution in [3.8, 4) is 0 Å². The van der Waals surface area contributed by atoms with Crippen LogP contribution in [0.5, 0.6) is 0 Å². The second-order valence-electron chi connectivity index (χ2n) is 4.94. The monoisotopic (exact) mass is 286 g/mol. The van der Waals surface area contributed by atoms with Gasteiger partial charge in [0.05, 0.1) is 0 Å². The zero-order valence-corrected chi connectivity index (χ0v) is 11.0. The Kier molecular flexibility index (Phi) is 4.65. The highest BCUT2D eigenvalue weighted by Crippen LogP contribution is 2.20. The number of hydrogen-bond acceptors (Lipinski definition) is 2. The van der Waals surface area contributed by atoms with Crippen LogP contribution >= 0.6 is 0 Å². The zero-order chi connectivity index (χ0) is 14.6. The molecule has 0 aromatic heterocycles. The van der Waals surface area contributed by atoms with Crippen LogP contribution in [0.25, 0.3) is 0 Å². The van der Waals surface area contributed by atoms with Crippen LogP contribution in [-0.4, -0.2) is 42.7 Å². The van der Waals surface area contributed by atoms with Gasteiger partial charge < -0.3 is 10.2 Å². The summed E-state index contributed by atoms with van der Waals surface area (Å²) in [7, 11) is 0. The average molecular weight is 286 g/mol. The highest BCUT2D eigenvalue weighted by atomic mass is 19.4. The fourth-order valence-electron chi connectivity index (χ4n) is 2.40. The van der Waals surface area contributed by atoms with E-state index in [2.05, 4.69) is 5.32 Å². The molecule has 20 heavy (non-hydrogen) atoms. The van der Waals surface area contributed by atoms with E-state index in [4.69, 9.17) is 0 Å². The Balaban J connectivity index is 2.02. The molecular weight excluding hydrogens is 269 g/mol. The largest absolute Gasteiger partial charge is 0.471 e. The van der Waals surface area contributed by atoms with E-state index in [9.17, 15) is 18.0 Å². The van der Waals surface area contributed by atoms with E-state index in [1.807, 2.05) is 30.3 Å². The summed E-state index contributed by atoms with van der Waals surface area (Å²) < 4.78 is 37.5. The Hall–Kier alpha value is -1.56. The van der Waals surface area contributed by atoms with Crippen LogP contribution in [-0.2, 0) is 11.2 Å². The van der Waals surface area contributed by atoms with Crippen molar-refractivity contribution >= 4 is 5.91 Å². The van der Waals surface area contributed by atoms with Gasteiger partial charge >= 0.3 is 12.1 Å². The quantitative estimate of drug-likeness (QED) is 0.901. The van der Waals surface area contributed by atoms with E-state index in [1.54, 1.807) is 0 Å². The second-order valence-corrected chi connectivity index (χ2v) is 4.94. The number of nitrogens with zero attached hydrogens (tertiary/aromatic N) is 1. The summed E-state index contributed by atoms with van der Waals surface area (Å²) >= 11 is 0. The lowest BCUT2D eigenvalue weighted by molar-refractivity contribution is -0.185. The number of halogens is 3. The Morgan fingerprint density at radius 2 is 2.00 bits per heavy atom. The number of carbonyl (C=O) groups is 1. The van der Waals surface area contributed by atoms with Gasteiger partial charge in [0.2, 0.25) is 0 Å². The Morgan fingerprint density at radius 1 is 1.30 bits per heavy atom. The molecule has 110 valence electrons. The second kappa shape index (κ2) is 6.26. The zero-order valence-electron chi connectivity index (χ0n) is 11.0. The van der Waals surface area contributed by atoms with Crippen molar-refractivity contribution in [3.05, 3.63) is 35.9 Å². The molecule has 1 aromatic carbocycles. The van der Waals surface area contributed by atoms with Gasteiger partial charge in [-0.1, -0.05) is 30.3 Å². The Morgan fingerprint density at radius 3 is 2.65 bits per heavy atom. The minimum atomic E-state index is -4.79. The summed E-state index contributed by atoms with van der Waals surface area (Å²) in [5, 5.41) is 3.21. The van der Waals surface area contributed by atoms with Crippen LogP contribution in [0.4, 0.5) is 13.2 Å². The van der Waals surface area contributed by atoms with E-state index in [0.717, 1.165) is 10.5 Å². The van der Waals surface area contributed by atoms with Gasteiger partial charge in [0, 0.05) is 19.1 Å². The third kappa shape index (κ3) is 3.96. The van der Waals surface area contributed by atoms with Crippen LogP contribution in [0.2, 0.25) is 0 Å². The smallest absolute Gasteiger partial charge is 0.333 e. The van der Waals surface area contributed by atoms with E-state index in [-0.39, 0.29) is 19.1 Å². The predicted octanol–water partition coefficient (Wildman–Crippen LogP) is 1.98. The molecule has 1 heterocycles. The standard InChI is InChI=1S/C14H17F3N2O/c15-14(16,17)13(20)19-8-4-7-18-12(10-19)9-11-5-2-1-3-6-11/h1-3,5-6,12,18H,4,7-10H2. The molecule has 0 aliphatic carbocycles. The van der Waals surface area contributed by atoms with Crippen molar-refractivity contribution in [1.29, 1.82) is 0 Å². The molecule has 0 saturated carbocycles. The van der Waals surface area contributed by atoms with E-state index >= 15 is 0 Å². The van der Waals surface area contributed by atoms with Gasteiger partial charge in [-0.2, -0.15) is 13.2 Å². The molecule has 0 bridgehead atoms. The fraction of sp³-hybridized carbons (Fsp3) is 0.500. The van der Waals surface area contributed by atoms with E-state index in [0.29, 0.717) is 19.4 Å². The topological polar surface area (TPSA) is 32.3 Å². The molecule has 1 N–H and O–H groups in total. The van der Waals surface area contributed by atoms with Crippen LogP contribution in [0.15, 0.2) is 30.3 Å². The minimum absolute atomic E-state index is 0.0905. The summed E-state index contributed by atoms with van der Waals surface area (Å²) in [6.45, 7) is 0.864. The van der Waals surface area contributed by atoms with Crippen molar-refractivity contribution in [1.82, 2.24) is 10.2 Å². The summed E-state index contributed by atoms with van der Waals surface area (Å²) in [6, 6.07) is 9.40. The fourth-order valence-corrected chi connectivity index (χ4v) is 2.40. The first-order valence-corrected chi connectivity index (χ1v) is 6.60. The number of nitrogens with one attached hydrogen (secondary N) is 1. The Labute approximate surface area is 115 Å². The maximum atomic E-state index is 12.5. The molecule has 0 radical (unpaired) electrons. The molecule has 1 saturated heterocycles. The van der Waals surface area contributed by atoms with E-state index < -0.39 is 12.1 Å². The molecule has 1 aliphatic rings. The number of benzene rings is 1. The molecule has 2 rings (SSSR count). The van der Waals surface area contributed by atoms with Gasteiger partial charge in [0.1, 0.15) is 0 Å². The normalized spacial score (nSPS) is 20.6. The molecule has 1 aromatic rings. The highest BCUT2D eigenvalue weighted by molar-refractivity contribution is 5.81. The number of carbonyl (C=O) groups excluding carboxylic acids is 1. The van der Waals surface area contributed by atoms with E-state index in [1.165, 1.54) is 0 Å². The Bertz CT molecular complexity index is 447. The van der Waals surface area contributed by atoms with Gasteiger partial charge in [0.25, 0.3) is 0 Å². The first kappa shape index (κ1) is 14.8. The molecule has 3 nitrogen and oxygen atoms in total. The van der Waals surface area contributed by atoms with Crippen LogP contribution in [0.3, 0.4) is 0 Å². The molecule has 1 amide bonds. The molecule has 1 aliphatic heterocycles. The summed E-state index contributed by atoms with van der Waals surface area (Å²) in [6.07, 6.45) is -3.64. The molecule has 1 unspecified atom stereocenters. The highest BCUT2D eigenvalue weighted by Gasteiger charge is 2.43. The average Bonchev–Trinajstić information content (AvgIpc) is 2.63.